The lowest BCUT2D eigenvalue weighted by Gasteiger charge is -2.20. The van der Waals surface area contributed by atoms with Crippen molar-refractivity contribution in [1.82, 2.24) is 10.2 Å². The van der Waals surface area contributed by atoms with Crippen molar-refractivity contribution in [3.05, 3.63) is 0 Å². The Bertz CT molecular complexity index is 360. The second-order valence-electron chi connectivity index (χ2n) is 5.82. The molecule has 1 atom stereocenters. The van der Waals surface area contributed by atoms with Crippen LogP contribution in [0.2, 0.25) is 0 Å². The minimum Gasteiger partial charge on any atom is -0.480 e. The zero-order valence-corrected chi connectivity index (χ0v) is 12.7. The fourth-order valence-electron chi connectivity index (χ4n) is 1.44. The average molecular weight is 288 g/mol. The third-order valence-corrected chi connectivity index (χ3v) is 2.15. The van der Waals surface area contributed by atoms with Crippen molar-refractivity contribution < 1.29 is 24.2 Å². The maximum absolute atomic E-state index is 11.5. The molecule has 0 aliphatic heterocycles. The lowest BCUT2D eigenvalue weighted by Crippen LogP contribution is -2.44. The number of carboxylic acids is 1. The molecule has 0 rings (SSSR count). The summed E-state index contributed by atoms with van der Waals surface area (Å²) < 4.78 is 5.08. The van der Waals surface area contributed by atoms with Crippen LogP contribution in [0.1, 0.15) is 33.6 Å². The van der Waals surface area contributed by atoms with Gasteiger partial charge in [0, 0.05) is 6.42 Å². The third kappa shape index (κ3) is 9.32. The molecular formula is C13H24N2O5. The van der Waals surface area contributed by atoms with Crippen molar-refractivity contribution in [3.63, 3.8) is 0 Å². The molecule has 0 spiro atoms. The number of rotatable bonds is 7. The van der Waals surface area contributed by atoms with E-state index < -0.39 is 29.5 Å². The van der Waals surface area contributed by atoms with E-state index in [1.165, 1.54) is 0 Å². The van der Waals surface area contributed by atoms with E-state index in [1.807, 2.05) is 0 Å². The molecule has 0 bridgehead atoms. The summed E-state index contributed by atoms with van der Waals surface area (Å²) in [6, 6.07) is -1.09. The van der Waals surface area contributed by atoms with Crippen LogP contribution >= 0.6 is 0 Å². The van der Waals surface area contributed by atoms with Crippen LogP contribution in [0.5, 0.6) is 0 Å². The van der Waals surface area contributed by atoms with E-state index in [0.29, 0.717) is 0 Å². The Morgan fingerprint density at radius 3 is 2.20 bits per heavy atom. The van der Waals surface area contributed by atoms with Crippen molar-refractivity contribution >= 4 is 17.8 Å². The highest BCUT2D eigenvalue weighted by Gasteiger charge is 2.23. The standard InChI is InChI=1S/C13H24N2O5/c1-13(2,3)20-11(17)7-6-9(12(18)19)14-10(16)8-15(4)5/h9H,6-8H2,1-5H3,(H,14,16)(H,18,19)/t9-/m1/s1. The summed E-state index contributed by atoms with van der Waals surface area (Å²) in [6.07, 6.45) is -0.0557. The van der Waals surface area contributed by atoms with Gasteiger partial charge < -0.3 is 20.1 Å². The van der Waals surface area contributed by atoms with Gasteiger partial charge in [0.05, 0.1) is 6.54 Å². The highest BCUT2D eigenvalue weighted by molar-refractivity contribution is 5.85. The van der Waals surface area contributed by atoms with E-state index >= 15 is 0 Å². The van der Waals surface area contributed by atoms with Gasteiger partial charge in [-0.15, -0.1) is 0 Å². The van der Waals surface area contributed by atoms with Crippen molar-refractivity contribution in [1.29, 1.82) is 0 Å². The summed E-state index contributed by atoms with van der Waals surface area (Å²) in [6.45, 7) is 5.30. The number of likely N-dealkylation sites (N-methyl/N-ethyl adjacent to an activating group) is 1. The van der Waals surface area contributed by atoms with Gasteiger partial charge in [-0.25, -0.2) is 4.79 Å². The monoisotopic (exact) mass is 288 g/mol. The molecule has 116 valence electrons. The normalized spacial score (nSPS) is 12.9. The topological polar surface area (TPSA) is 95.9 Å². The van der Waals surface area contributed by atoms with Crippen LogP contribution in [0.4, 0.5) is 0 Å². The van der Waals surface area contributed by atoms with Gasteiger partial charge in [-0.3, -0.25) is 9.59 Å². The Balaban J connectivity index is 4.32. The molecule has 0 aliphatic rings. The number of ether oxygens (including phenoxy) is 1. The first kappa shape index (κ1) is 18.4. The molecule has 0 aromatic rings. The number of aliphatic carboxylic acids is 1. The largest absolute Gasteiger partial charge is 0.480 e. The maximum atomic E-state index is 11.5. The molecule has 2 N–H and O–H groups in total. The summed E-state index contributed by atoms with van der Waals surface area (Å²) >= 11 is 0. The second-order valence-corrected chi connectivity index (χ2v) is 5.82. The van der Waals surface area contributed by atoms with E-state index in [1.54, 1.807) is 39.8 Å². The fourth-order valence-corrected chi connectivity index (χ4v) is 1.44. The SMILES string of the molecule is CN(C)CC(=O)N[C@H](CCC(=O)OC(C)(C)C)C(=O)O. The van der Waals surface area contributed by atoms with Crippen molar-refractivity contribution in [2.75, 3.05) is 20.6 Å². The summed E-state index contributed by atoms with van der Waals surface area (Å²) in [4.78, 5) is 35.7. The Kier molecular flexibility index (Phi) is 7.20. The molecular weight excluding hydrogens is 264 g/mol. The van der Waals surface area contributed by atoms with Crippen LogP contribution in [-0.2, 0) is 19.1 Å². The number of esters is 1. The second kappa shape index (κ2) is 7.84. The van der Waals surface area contributed by atoms with Gasteiger partial charge >= 0.3 is 11.9 Å². The van der Waals surface area contributed by atoms with Crippen LogP contribution < -0.4 is 5.32 Å². The first-order valence-electron chi connectivity index (χ1n) is 6.40. The van der Waals surface area contributed by atoms with Gasteiger partial charge in [0.25, 0.3) is 0 Å². The number of hydrogen-bond donors (Lipinski definition) is 2. The van der Waals surface area contributed by atoms with Crippen LogP contribution in [0.25, 0.3) is 0 Å². The Morgan fingerprint density at radius 2 is 1.80 bits per heavy atom. The minimum atomic E-state index is -1.17. The fraction of sp³-hybridized carbons (Fsp3) is 0.769. The molecule has 0 saturated carbocycles. The summed E-state index contributed by atoms with van der Waals surface area (Å²) in [7, 11) is 3.41. The van der Waals surface area contributed by atoms with Gasteiger partial charge in [-0.1, -0.05) is 0 Å². The smallest absolute Gasteiger partial charge is 0.326 e. The molecule has 0 saturated heterocycles. The minimum absolute atomic E-state index is 0.00339. The van der Waals surface area contributed by atoms with E-state index in [-0.39, 0.29) is 19.4 Å². The number of nitrogens with one attached hydrogen (secondary N) is 1. The Labute approximate surface area is 119 Å². The van der Waals surface area contributed by atoms with Gasteiger partial charge in [0.15, 0.2) is 0 Å². The first-order valence-corrected chi connectivity index (χ1v) is 6.40. The highest BCUT2D eigenvalue weighted by atomic mass is 16.6. The molecule has 7 nitrogen and oxygen atoms in total. The van der Waals surface area contributed by atoms with E-state index in [4.69, 9.17) is 9.84 Å². The molecule has 0 aliphatic carbocycles. The maximum Gasteiger partial charge on any atom is 0.326 e. The number of nitrogens with zero attached hydrogens (tertiary/aromatic N) is 1. The van der Waals surface area contributed by atoms with E-state index in [9.17, 15) is 14.4 Å². The lowest BCUT2D eigenvalue weighted by atomic mass is 10.1. The zero-order valence-electron chi connectivity index (χ0n) is 12.7. The third-order valence-electron chi connectivity index (χ3n) is 2.15. The van der Waals surface area contributed by atoms with Gasteiger partial charge in [0.2, 0.25) is 5.91 Å². The van der Waals surface area contributed by atoms with Crippen molar-refractivity contribution in [3.8, 4) is 0 Å². The molecule has 7 heteroatoms. The summed E-state index contributed by atoms with van der Waals surface area (Å²) in [5.74, 6) is -2.04. The average Bonchev–Trinajstić information content (AvgIpc) is 2.19. The molecule has 0 fully saturated rings. The molecule has 1 amide bonds. The first-order chi connectivity index (χ1) is 9.01. The quantitative estimate of drug-likeness (QED) is 0.651. The van der Waals surface area contributed by atoms with Crippen LogP contribution in [0.15, 0.2) is 0 Å². The number of carboxylic acid groups (broad SMARTS) is 1. The number of hydrogen-bond acceptors (Lipinski definition) is 5. The predicted molar refractivity (Wildman–Crippen MR) is 73.2 cm³/mol. The molecule has 20 heavy (non-hydrogen) atoms. The van der Waals surface area contributed by atoms with Crippen molar-refractivity contribution in [2.45, 2.75) is 45.3 Å². The number of carbonyl (C=O) groups is 3. The van der Waals surface area contributed by atoms with E-state index in [2.05, 4.69) is 5.32 Å². The van der Waals surface area contributed by atoms with Crippen molar-refractivity contribution in [2.24, 2.45) is 0 Å². The Morgan fingerprint density at radius 1 is 1.25 bits per heavy atom. The van der Waals surface area contributed by atoms with Gasteiger partial charge in [-0.05, 0) is 41.3 Å². The van der Waals surface area contributed by atoms with E-state index in [0.717, 1.165) is 0 Å². The van der Waals surface area contributed by atoms with Crippen LogP contribution in [0, 0.1) is 0 Å². The zero-order chi connectivity index (χ0) is 15.9. The van der Waals surface area contributed by atoms with Crippen LogP contribution in [-0.4, -0.2) is 60.1 Å². The predicted octanol–water partition coefficient (Wildman–Crippen LogP) is 0.239. The molecule has 0 aromatic heterocycles. The van der Waals surface area contributed by atoms with Crippen LogP contribution in [0.3, 0.4) is 0 Å². The number of amides is 1. The number of carbonyl (C=O) groups excluding carboxylic acids is 2. The lowest BCUT2D eigenvalue weighted by molar-refractivity contribution is -0.155. The molecule has 0 radical (unpaired) electrons. The molecule has 0 aromatic carbocycles. The Hall–Kier alpha value is -1.63. The molecule has 0 heterocycles. The highest BCUT2D eigenvalue weighted by Crippen LogP contribution is 2.10. The molecule has 0 unspecified atom stereocenters. The van der Waals surface area contributed by atoms with Gasteiger partial charge in [0.1, 0.15) is 11.6 Å². The summed E-state index contributed by atoms with van der Waals surface area (Å²) in [5.41, 5.74) is -0.607. The summed E-state index contributed by atoms with van der Waals surface area (Å²) in [5, 5.41) is 11.4. The van der Waals surface area contributed by atoms with Gasteiger partial charge in [-0.2, -0.15) is 0 Å².